The first-order valence-electron chi connectivity index (χ1n) is 5.69. The third-order valence-corrected chi connectivity index (χ3v) is 2.82. The first-order chi connectivity index (χ1) is 8.47. The number of aromatic nitrogens is 2. The van der Waals surface area contributed by atoms with E-state index in [1.807, 2.05) is 27.1 Å². The topological polar surface area (TPSA) is 29.9 Å². The fraction of sp³-hybridized carbons (Fsp3) is 0.308. The molecule has 0 fully saturated rings. The standard InChI is InChI=1S/C13H15F2N3/c1-8(11-7-18(3)17-9(11)2)16-13-5-4-10(14)6-12(13)15/h4-8,16H,1-3H3. The smallest absolute Gasteiger partial charge is 0.149 e. The highest BCUT2D eigenvalue weighted by Gasteiger charge is 2.13. The molecule has 0 spiro atoms. The molecule has 1 unspecified atom stereocenters. The maximum absolute atomic E-state index is 13.5. The highest BCUT2D eigenvalue weighted by molar-refractivity contribution is 5.47. The molecule has 96 valence electrons. The van der Waals surface area contributed by atoms with Crippen LogP contribution in [0.2, 0.25) is 0 Å². The average Bonchev–Trinajstić information content (AvgIpc) is 2.62. The van der Waals surface area contributed by atoms with E-state index in [9.17, 15) is 8.78 Å². The van der Waals surface area contributed by atoms with Crippen molar-refractivity contribution in [2.75, 3.05) is 5.32 Å². The number of anilines is 1. The lowest BCUT2D eigenvalue weighted by Gasteiger charge is -2.15. The van der Waals surface area contributed by atoms with Crippen molar-refractivity contribution in [2.45, 2.75) is 19.9 Å². The number of hydrogen-bond acceptors (Lipinski definition) is 2. The van der Waals surface area contributed by atoms with Crippen LogP contribution in [0.15, 0.2) is 24.4 Å². The minimum atomic E-state index is -0.594. The van der Waals surface area contributed by atoms with Gasteiger partial charge in [-0.1, -0.05) is 0 Å². The van der Waals surface area contributed by atoms with E-state index in [1.165, 1.54) is 12.1 Å². The molecular weight excluding hydrogens is 236 g/mol. The minimum Gasteiger partial charge on any atom is -0.376 e. The lowest BCUT2D eigenvalue weighted by molar-refractivity contribution is 0.583. The second-order valence-electron chi connectivity index (χ2n) is 4.33. The van der Waals surface area contributed by atoms with Crippen molar-refractivity contribution >= 4 is 5.69 Å². The van der Waals surface area contributed by atoms with Gasteiger partial charge in [-0.2, -0.15) is 5.10 Å². The van der Waals surface area contributed by atoms with Gasteiger partial charge < -0.3 is 5.32 Å². The summed E-state index contributed by atoms with van der Waals surface area (Å²) in [4.78, 5) is 0. The monoisotopic (exact) mass is 251 g/mol. The van der Waals surface area contributed by atoms with Gasteiger partial charge in [0.05, 0.1) is 17.4 Å². The van der Waals surface area contributed by atoms with E-state index in [4.69, 9.17) is 0 Å². The molecule has 1 heterocycles. The molecule has 5 heteroatoms. The van der Waals surface area contributed by atoms with Crippen LogP contribution in [0.4, 0.5) is 14.5 Å². The van der Waals surface area contributed by atoms with E-state index in [0.29, 0.717) is 0 Å². The normalized spacial score (nSPS) is 12.5. The van der Waals surface area contributed by atoms with Crippen LogP contribution in [0.1, 0.15) is 24.2 Å². The van der Waals surface area contributed by atoms with Gasteiger partial charge in [-0.05, 0) is 26.0 Å². The number of aryl methyl sites for hydroxylation is 2. The SMILES string of the molecule is Cc1nn(C)cc1C(C)Nc1ccc(F)cc1F. The molecular formula is C13H15F2N3. The maximum atomic E-state index is 13.5. The van der Waals surface area contributed by atoms with E-state index in [-0.39, 0.29) is 11.7 Å². The molecule has 0 radical (unpaired) electrons. The Morgan fingerprint density at radius 2 is 2.06 bits per heavy atom. The zero-order valence-electron chi connectivity index (χ0n) is 10.5. The Kier molecular flexibility index (Phi) is 3.32. The predicted molar refractivity (Wildman–Crippen MR) is 66.3 cm³/mol. The van der Waals surface area contributed by atoms with Gasteiger partial charge in [0.1, 0.15) is 11.6 Å². The Labute approximate surface area is 104 Å². The van der Waals surface area contributed by atoms with Crippen LogP contribution < -0.4 is 5.32 Å². The lowest BCUT2D eigenvalue weighted by atomic mass is 10.1. The predicted octanol–water partition coefficient (Wildman–Crippen LogP) is 3.18. The van der Waals surface area contributed by atoms with Crippen LogP contribution >= 0.6 is 0 Å². The van der Waals surface area contributed by atoms with Crippen molar-refractivity contribution in [3.05, 3.63) is 47.3 Å². The summed E-state index contributed by atoms with van der Waals surface area (Å²) < 4.78 is 28.0. The molecule has 2 rings (SSSR count). The van der Waals surface area contributed by atoms with Crippen molar-refractivity contribution in [3.8, 4) is 0 Å². The first-order valence-corrected chi connectivity index (χ1v) is 5.69. The molecule has 0 bridgehead atoms. The Bertz CT molecular complexity index is 563. The van der Waals surface area contributed by atoms with Gasteiger partial charge in [0, 0.05) is 24.9 Å². The third-order valence-electron chi connectivity index (χ3n) is 2.82. The summed E-state index contributed by atoms with van der Waals surface area (Å²) in [6, 6.07) is 3.39. The van der Waals surface area contributed by atoms with Crippen LogP contribution in [0.3, 0.4) is 0 Å². The molecule has 0 saturated carbocycles. The fourth-order valence-corrected chi connectivity index (χ4v) is 1.96. The van der Waals surface area contributed by atoms with E-state index >= 15 is 0 Å². The van der Waals surface area contributed by atoms with Crippen molar-refractivity contribution in [2.24, 2.45) is 7.05 Å². The highest BCUT2D eigenvalue weighted by Crippen LogP contribution is 2.23. The number of nitrogens with one attached hydrogen (secondary N) is 1. The van der Waals surface area contributed by atoms with Gasteiger partial charge in [0.15, 0.2) is 0 Å². The Balaban J connectivity index is 2.21. The molecule has 0 aliphatic carbocycles. The second-order valence-corrected chi connectivity index (χ2v) is 4.33. The molecule has 2 aromatic rings. The molecule has 1 aromatic carbocycles. The zero-order chi connectivity index (χ0) is 13.3. The number of hydrogen-bond donors (Lipinski definition) is 1. The summed E-state index contributed by atoms with van der Waals surface area (Å²) >= 11 is 0. The molecule has 1 N–H and O–H groups in total. The molecule has 18 heavy (non-hydrogen) atoms. The summed E-state index contributed by atoms with van der Waals surface area (Å²) in [7, 11) is 1.84. The summed E-state index contributed by atoms with van der Waals surface area (Å²) in [6.07, 6.45) is 1.88. The molecule has 3 nitrogen and oxygen atoms in total. The Morgan fingerprint density at radius 3 is 2.61 bits per heavy atom. The van der Waals surface area contributed by atoms with Gasteiger partial charge in [0.2, 0.25) is 0 Å². The van der Waals surface area contributed by atoms with Gasteiger partial charge in [-0.15, -0.1) is 0 Å². The van der Waals surface area contributed by atoms with Gasteiger partial charge >= 0.3 is 0 Å². The third kappa shape index (κ3) is 2.50. The summed E-state index contributed by atoms with van der Waals surface area (Å²) in [5.74, 6) is -1.17. The van der Waals surface area contributed by atoms with E-state index in [1.54, 1.807) is 4.68 Å². The number of halogens is 2. The van der Waals surface area contributed by atoms with Crippen molar-refractivity contribution in [1.29, 1.82) is 0 Å². The number of benzene rings is 1. The largest absolute Gasteiger partial charge is 0.376 e. The van der Waals surface area contributed by atoms with Gasteiger partial charge in [-0.25, -0.2) is 8.78 Å². The number of nitrogens with zero attached hydrogens (tertiary/aromatic N) is 2. The molecule has 0 saturated heterocycles. The Hall–Kier alpha value is -1.91. The van der Waals surface area contributed by atoms with Crippen LogP contribution in [0.5, 0.6) is 0 Å². The van der Waals surface area contributed by atoms with Crippen LogP contribution in [-0.4, -0.2) is 9.78 Å². The summed E-state index contributed by atoms with van der Waals surface area (Å²) in [5, 5.41) is 7.25. The van der Waals surface area contributed by atoms with E-state index < -0.39 is 11.6 Å². The van der Waals surface area contributed by atoms with Crippen molar-refractivity contribution < 1.29 is 8.78 Å². The molecule has 0 aliphatic rings. The lowest BCUT2D eigenvalue weighted by Crippen LogP contribution is -2.08. The molecule has 1 aromatic heterocycles. The van der Waals surface area contributed by atoms with E-state index in [0.717, 1.165) is 17.3 Å². The van der Waals surface area contributed by atoms with Crippen LogP contribution in [-0.2, 0) is 7.05 Å². The Morgan fingerprint density at radius 1 is 1.33 bits per heavy atom. The minimum absolute atomic E-state index is 0.0985. The quantitative estimate of drug-likeness (QED) is 0.908. The molecule has 0 aliphatic heterocycles. The van der Waals surface area contributed by atoms with Gasteiger partial charge in [-0.3, -0.25) is 4.68 Å². The average molecular weight is 251 g/mol. The fourth-order valence-electron chi connectivity index (χ4n) is 1.96. The van der Waals surface area contributed by atoms with Crippen LogP contribution in [0.25, 0.3) is 0 Å². The second kappa shape index (κ2) is 4.76. The van der Waals surface area contributed by atoms with Gasteiger partial charge in [0.25, 0.3) is 0 Å². The van der Waals surface area contributed by atoms with Crippen molar-refractivity contribution in [3.63, 3.8) is 0 Å². The molecule has 1 atom stereocenters. The number of rotatable bonds is 3. The highest BCUT2D eigenvalue weighted by atomic mass is 19.1. The molecule has 0 amide bonds. The van der Waals surface area contributed by atoms with Crippen molar-refractivity contribution in [1.82, 2.24) is 9.78 Å². The first kappa shape index (κ1) is 12.5. The maximum Gasteiger partial charge on any atom is 0.149 e. The summed E-state index contributed by atoms with van der Waals surface area (Å²) in [5.41, 5.74) is 2.16. The van der Waals surface area contributed by atoms with Crippen LogP contribution in [0, 0.1) is 18.6 Å². The zero-order valence-corrected chi connectivity index (χ0v) is 10.5. The van der Waals surface area contributed by atoms with E-state index in [2.05, 4.69) is 10.4 Å². The summed E-state index contributed by atoms with van der Waals surface area (Å²) in [6.45, 7) is 3.81.